The van der Waals surface area contributed by atoms with Crippen LogP contribution in [-0.4, -0.2) is 11.9 Å². The van der Waals surface area contributed by atoms with Crippen molar-refractivity contribution in [3.05, 3.63) is 58.7 Å². The smallest absolute Gasteiger partial charge is 0.0636 e. The number of rotatable bonds is 40. The maximum absolute atomic E-state index is 5.29. The van der Waals surface area contributed by atoms with Crippen LogP contribution in [0.5, 0.6) is 0 Å². The Kier molecular flexibility index (Phi) is 37.8. The fourth-order valence-corrected chi connectivity index (χ4v) is 8.53. The van der Waals surface area contributed by atoms with E-state index in [1.807, 2.05) is 0 Å². The molecule has 0 atom stereocenters. The maximum Gasteiger partial charge on any atom is 0.0636 e. The summed E-state index contributed by atoms with van der Waals surface area (Å²) in [6.07, 6.45) is 52.0. The van der Waals surface area contributed by atoms with Crippen LogP contribution in [0.4, 0.5) is 11.4 Å². The molecular weight excluding hydrogens is 759 g/mol. The molecule has 0 saturated heterocycles. The molecule has 0 bridgehead atoms. The van der Waals surface area contributed by atoms with E-state index in [0.717, 1.165) is 36.3 Å². The molecule has 0 saturated carbocycles. The van der Waals surface area contributed by atoms with E-state index in [-0.39, 0.29) is 16.5 Å². The molecule has 0 spiro atoms. The molecule has 2 rings (SSSR count). The molecule has 0 aliphatic rings. The summed E-state index contributed by atoms with van der Waals surface area (Å²) in [6.45, 7) is 11.5. The van der Waals surface area contributed by atoms with Gasteiger partial charge < -0.3 is 0 Å². The van der Waals surface area contributed by atoms with E-state index in [4.69, 9.17) is 9.98 Å². The summed E-state index contributed by atoms with van der Waals surface area (Å²) >= 11 is 0. The zero-order valence-corrected chi connectivity index (χ0v) is 40.9. The maximum atomic E-state index is 5.29. The van der Waals surface area contributed by atoms with Gasteiger partial charge in [-0.2, -0.15) is 0 Å². The summed E-state index contributed by atoms with van der Waals surface area (Å²) in [7, 11) is 0. The Bertz CT molecular complexity index is 1290. The molecule has 0 heterocycles. The Morgan fingerprint density at radius 3 is 1.03 bits per heavy atom. The van der Waals surface area contributed by atoms with Crippen molar-refractivity contribution in [2.45, 2.75) is 272 Å². The van der Waals surface area contributed by atoms with Crippen LogP contribution in [0.3, 0.4) is 0 Å². The van der Waals surface area contributed by atoms with Gasteiger partial charge in [0.1, 0.15) is 0 Å². The van der Waals surface area contributed by atoms with Crippen molar-refractivity contribution < 1.29 is 16.5 Å². The van der Waals surface area contributed by atoms with E-state index in [0.29, 0.717) is 0 Å². The largest absolute Gasteiger partial charge is 0.255 e. The molecule has 2 aromatic carbocycles. The van der Waals surface area contributed by atoms with Gasteiger partial charge in [-0.15, -0.1) is 0 Å². The summed E-state index contributed by atoms with van der Waals surface area (Å²) in [6, 6.07) is 14.0. The molecular formula is C56H96N2Ni. The van der Waals surface area contributed by atoms with Crippen molar-refractivity contribution in [1.29, 1.82) is 0 Å². The third-order valence-corrected chi connectivity index (χ3v) is 12.5. The molecule has 3 heteroatoms. The van der Waals surface area contributed by atoms with E-state index in [1.165, 1.54) is 241 Å². The van der Waals surface area contributed by atoms with Gasteiger partial charge in [0.15, 0.2) is 0 Å². The van der Waals surface area contributed by atoms with Crippen molar-refractivity contribution in [2.24, 2.45) is 9.98 Å². The molecule has 59 heavy (non-hydrogen) atoms. The molecule has 2 aromatic rings. The van der Waals surface area contributed by atoms with E-state index in [2.05, 4.69) is 77.2 Å². The molecule has 2 nitrogen and oxygen atoms in total. The van der Waals surface area contributed by atoms with Crippen molar-refractivity contribution >= 4 is 23.3 Å². The SMILES string of the molecule is CCCCCCCCCCCCCCCCCCCCCCCCCCC(C=Nc1ccc(CCCC)c(CCCC)c1)=Nc1ccc(CCCC)c(CCCC)c1.[Ni]. The Balaban J connectivity index is 0.0000174. The van der Waals surface area contributed by atoms with Gasteiger partial charge in [0, 0.05) is 22.7 Å². The van der Waals surface area contributed by atoms with Crippen LogP contribution in [-0.2, 0) is 42.2 Å². The van der Waals surface area contributed by atoms with Gasteiger partial charge >= 0.3 is 0 Å². The molecule has 0 unspecified atom stereocenters. The normalized spacial score (nSPS) is 11.8. The molecule has 0 aliphatic carbocycles. The molecule has 340 valence electrons. The molecule has 0 aliphatic heterocycles. The van der Waals surface area contributed by atoms with Crippen LogP contribution in [0, 0.1) is 0 Å². The third-order valence-electron chi connectivity index (χ3n) is 12.5. The minimum atomic E-state index is 0. The van der Waals surface area contributed by atoms with Gasteiger partial charge in [-0.1, -0.05) is 220 Å². The van der Waals surface area contributed by atoms with Gasteiger partial charge in [0.25, 0.3) is 0 Å². The average Bonchev–Trinajstić information content (AvgIpc) is 3.24. The average molecular weight is 856 g/mol. The van der Waals surface area contributed by atoms with Gasteiger partial charge in [-0.3, -0.25) is 9.98 Å². The van der Waals surface area contributed by atoms with E-state index in [1.54, 1.807) is 0 Å². The topological polar surface area (TPSA) is 24.7 Å². The van der Waals surface area contributed by atoms with Gasteiger partial charge in [-0.05, 0) is 111 Å². The van der Waals surface area contributed by atoms with Crippen LogP contribution >= 0.6 is 0 Å². The molecule has 0 aromatic heterocycles. The number of aryl methyl sites for hydroxylation is 4. The third kappa shape index (κ3) is 29.3. The molecule has 0 amide bonds. The number of nitrogens with zero attached hydrogens (tertiary/aromatic N) is 2. The summed E-state index contributed by atoms with van der Waals surface area (Å²) in [5.41, 5.74) is 9.37. The molecule has 0 radical (unpaired) electrons. The Morgan fingerprint density at radius 1 is 0.356 bits per heavy atom. The summed E-state index contributed by atoms with van der Waals surface area (Å²) in [5.74, 6) is 0. The predicted octanol–water partition coefficient (Wildman–Crippen LogP) is 19.3. The molecule has 0 fully saturated rings. The van der Waals surface area contributed by atoms with Gasteiger partial charge in [0.05, 0.1) is 17.1 Å². The number of aliphatic imine (C=N–C) groups is 2. The Hall–Kier alpha value is -1.73. The summed E-state index contributed by atoms with van der Waals surface area (Å²) in [5, 5.41) is 0. The van der Waals surface area contributed by atoms with E-state index >= 15 is 0 Å². The zero-order chi connectivity index (χ0) is 41.6. The number of hydrogen-bond donors (Lipinski definition) is 0. The van der Waals surface area contributed by atoms with Gasteiger partial charge in [0.2, 0.25) is 0 Å². The first-order chi connectivity index (χ1) is 28.6. The van der Waals surface area contributed by atoms with Crippen LogP contribution in [0.1, 0.15) is 269 Å². The Morgan fingerprint density at radius 2 is 0.661 bits per heavy atom. The van der Waals surface area contributed by atoms with Crippen molar-refractivity contribution in [3.8, 4) is 0 Å². The summed E-state index contributed by atoms with van der Waals surface area (Å²) in [4.78, 5) is 10.4. The summed E-state index contributed by atoms with van der Waals surface area (Å²) < 4.78 is 0. The second kappa shape index (κ2) is 40.4. The van der Waals surface area contributed by atoms with Crippen LogP contribution < -0.4 is 0 Å². The number of unbranched alkanes of at least 4 members (excludes halogenated alkanes) is 27. The van der Waals surface area contributed by atoms with Gasteiger partial charge in [-0.25, -0.2) is 0 Å². The van der Waals surface area contributed by atoms with Crippen LogP contribution in [0.15, 0.2) is 46.4 Å². The standard InChI is InChI=1S/C56H96N2.Ni/c1-6-11-16-17-18-19-20-21-22-23-24-25-26-27-28-29-30-31-32-33-34-35-36-37-42-56(58-55-46-44-51(39-13-8-3)53(48-55)41-15-10-5)49-57-54-45-43-50(38-12-7-2)52(47-54)40-14-9-4;/h43-49H,6-42H2,1-5H3;. The first-order valence-electron chi connectivity index (χ1n) is 26.0. The Labute approximate surface area is 378 Å². The zero-order valence-electron chi connectivity index (χ0n) is 39.9. The fraction of sp³-hybridized carbons (Fsp3) is 0.750. The van der Waals surface area contributed by atoms with E-state index in [9.17, 15) is 0 Å². The van der Waals surface area contributed by atoms with Crippen molar-refractivity contribution in [1.82, 2.24) is 0 Å². The van der Waals surface area contributed by atoms with E-state index < -0.39 is 0 Å². The fourth-order valence-electron chi connectivity index (χ4n) is 8.53. The number of hydrogen-bond acceptors (Lipinski definition) is 2. The predicted molar refractivity (Wildman–Crippen MR) is 264 cm³/mol. The van der Waals surface area contributed by atoms with Crippen molar-refractivity contribution in [2.75, 3.05) is 0 Å². The first kappa shape index (κ1) is 55.3. The molecule has 0 N–H and O–H groups in total. The second-order valence-electron chi connectivity index (χ2n) is 18.1. The van der Waals surface area contributed by atoms with Crippen LogP contribution in [0.25, 0.3) is 0 Å². The van der Waals surface area contributed by atoms with Crippen LogP contribution in [0.2, 0.25) is 0 Å². The second-order valence-corrected chi connectivity index (χ2v) is 18.1. The monoisotopic (exact) mass is 855 g/mol. The number of benzene rings is 2. The van der Waals surface area contributed by atoms with Crippen molar-refractivity contribution in [3.63, 3.8) is 0 Å². The first-order valence-corrected chi connectivity index (χ1v) is 26.0. The quantitative estimate of drug-likeness (QED) is 0.0362. The minimum Gasteiger partial charge on any atom is -0.255 e. The minimum absolute atomic E-state index is 0.